The fraction of sp³-hybridized carbons (Fsp3) is 0.208. The molecule has 5 nitrogen and oxygen atoms in total. The number of hydrogen-bond acceptors (Lipinski definition) is 3. The van der Waals surface area contributed by atoms with E-state index in [4.69, 9.17) is 0 Å². The van der Waals surface area contributed by atoms with Gasteiger partial charge in [-0.25, -0.2) is 8.42 Å². The van der Waals surface area contributed by atoms with Gasteiger partial charge in [-0.1, -0.05) is 42.0 Å². The van der Waals surface area contributed by atoms with Gasteiger partial charge in [-0.3, -0.25) is 9.52 Å². The Hall–Kier alpha value is -3.12. The van der Waals surface area contributed by atoms with E-state index in [-0.39, 0.29) is 22.4 Å². The van der Waals surface area contributed by atoms with Gasteiger partial charge in [0.1, 0.15) is 0 Å². The number of benzene rings is 3. The highest BCUT2D eigenvalue weighted by molar-refractivity contribution is 7.92. The van der Waals surface area contributed by atoms with Gasteiger partial charge in [0.05, 0.1) is 10.9 Å². The summed E-state index contributed by atoms with van der Waals surface area (Å²) in [5.41, 5.74) is 5.14. The first-order valence-electron chi connectivity index (χ1n) is 9.73. The summed E-state index contributed by atoms with van der Waals surface area (Å²) in [4.78, 5) is 12.8. The van der Waals surface area contributed by atoms with Crippen LogP contribution < -0.4 is 10.0 Å². The van der Waals surface area contributed by atoms with Gasteiger partial charge in [-0.2, -0.15) is 0 Å². The summed E-state index contributed by atoms with van der Waals surface area (Å²) in [6.07, 6.45) is 0. The molecule has 0 bridgehead atoms. The summed E-state index contributed by atoms with van der Waals surface area (Å²) in [5.74, 6) is -0.326. The molecule has 0 aromatic heterocycles. The van der Waals surface area contributed by atoms with Crippen LogP contribution in [0.3, 0.4) is 0 Å². The molecule has 3 rings (SSSR count). The third kappa shape index (κ3) is 5.07. The van der Waals surface area contributed by atoms with E-state index in [9.17, 15) is 13.2 Å². The zero-order valence-corrected chi connectivity index (χ0v) is 18.4. The number of hydrogen-bond donors (Lipinski definition) is 2. The number of aryl methyl sites for hydroxylation is 3. The number of rotatable bonds is 6. The molecule has 30 heavy (non-hydrogen) atoms. The average Bonchev–Trinajstić information content (AvgIpc) is 2.71. The van der Waals surface area contributed by atoms with Gasteiger partial charge in [0.15, 0.2) is 0 Å². The number of nitrogens with one attached hydrogen (secondary N) is 2. The molecule has 156 valence electrons. The molecule has 0 aliphatic rings. The van der Waals surface area contributed by atoms with Crippen LogP contribution in [0.4, 0.5) is 5.69 Å². The van der Waals surface area contributed by atoms with Crippen molar-refractivity contribution in [1.29, 1.82) is 0 Å². The van der Waals surface area contributed by atoms with Crippen LogP contribution in [0.5, 0.6) is 0 Å². The summed E-state index contributed by atoms with van der Waals surface area (Å²) in [6.45, 7) is 7.91. The summed E-state index contributed by atoms with van der Waals surface area (Å²) in [7, 11) is -3.80. The Labute approximate surface area is 178 Å². The highest BCUT2D eigenvalue weighted by Gasteiger charge is 2.18. The quantitative estimate of drug-likeness (QED) is 0.593. The van der Waals surface area contributed by atoms with E-state index in [0.717, 1.165) is 16.7 Å². The molecule has 0 saturated heterocycles. The molecule has 3 aromatic rings. The Balaban J connectivity index is 1.77. The maximum absolute atomic E-state index is 12.7. The van der Waals surface area contributed by atoms with Crippen molar-refractivity contribution < 1.29 is 13.2 Å². The Morgan fingerprint density at radius 1 is 0.867 bits per heavy atom. The minimum absolute atomic E-state index is 0.0366. The van der Waals surface area contributed by atoms with Crippen molar-refractivity contribution in [2.75, 3.05) is 4.72 Å². The Morgan fingerprint density at radius 3 is 2.23 bits per heavy atom. The molecule has 6 heteroatoms. The fourth-order valence-electron chi connectivity index (χ4n) is 3.04. The van der Waals surface area contributed by atoms with Crippen molar-refractivity contribution in [2.24, 2.45) is 0 Å². The second-order valence-corrected chi connectivity index (χ2v) is 9.22. The molecule has 0 heterocycles. The molecule has 0 aliphatic carbocycles. The number of carbonyl (C=O) groups is 1. The topological polar surface area (TPSA) is 75.3 Å². The summed E-state index contributed by atoms with van der Waals surface area (Å²) in [5, 5.41) is 2.94. The number of carbonyl (C=O) groups excluding carboxylic acids is 1. The lowest BCUT2D eigenvalue weighted by Gasteiger charge is -2.16. The van der Waals surface area contributed by atoms with E-state index in [1.807, 2.05) is 58.0 Å². The van der Waals surface area contributed by atoms with Gasteiger partial charge >= 0.3 is 0 Å². The smallest absolute Gasteiger partial charge is 0.261 e. The maximum atomic E-state index is 12.7. The van der Waals surface area contributed by atoms with Gasteiger partial charge in [0.2, 0.25) is 0 Å². The van der Waals surface area contributed by atoms with Crippen molar-refractivity contribution in [1.82, 2.24) is 5.32 Å². The highest BCUT2D eigenvalue weighted by atomic mass is 32.2. The molecular formula is C24H26N2O3S. The lowest BCUT2D eigenvalue weighted by atomic mass is 10.0. The number of sulfonamides is 1. The lowest BCUT2D eigenvalue weighted by Crippen LogP contribution is -2.27. The molecule has 0 spiro atoms. The third-order valence-electron chi connectivity index (χ3n) is 5.09. The van der Waals surface area contributed by atoms with Gasteiger partial charge in [-0.15, -0.1) is 0 Å². The second-order valence-electron chi connectivity index (χ2n) is 7.54. The largest absolute Gasteiger partial charge is 0.346 e. The first-order chi connectivity index (χ1) is 14.2. The SMILES string of the molecule is Cc1ccc(NS(=O)(=O)c2cccc(C(=O)NC(C)c3ccc(C)c(C)c3)c2)cc1. The van der Waals surface area contributed by atoms with E-state index in [2.05, 4.69) is 10.0 Å². The van der Waals surface area contributed by atoms with Crippen LogP contribution in [-0.4, -0.2) is 14.3 Å². The van der Waals surface area contributed by atoms with E-state index < -0.39 is 10.0 Å². The molecule has 0 fully saturated rings. The van der Waals surface area contributed by atoms with Crippen molar-refractivity contribution in [3.05, 3.63) is 94.5 Å². The number of amides is 1. The fourth-order valence-corrected chi connectivity index (χ4v) is 4.14. The maximum Gasteiger partial charge on any atom is 0.261 e. The van der Waals surface area contributed by atoms with E-state index in [0.29, 0.717) is 5.69 Å². The van der Waals surface area contributed by atoms with Crippen LogP contribution in [-0.2, 0) is 10.0 Å². The zero-order chi connectivity index (χ0) is 21.9. The molecular weight excluding hydrogens is 396 g/mol. The van der Waals surface area contributed by atoms with Crippen LogP contribution >= 0.6 is 0 Å². The predicted octanol–water partition coefficient (Wildman–Crippen LogP) is 4.90. The normalized spacial score (nSPS) is 12.3. The standard InChI is InChI=1S/C24H26N2O3S/c1-16-8-12-22(13-9-16)26-30(28,29)23-7-5-6-21(15-23)24(27)25-19(4)20-11-10-17(2)18(3)14-20/h5-15,19,26H,1-4H3,(H,25,27). The molecule has 0 saturated carbocycles. The Kier molecular flexibility index (Phi) is 6.27. The van der Waals surface area contributed by atoms with Gasteiger partial charge in [0, 0.05) is 11.3 Å². The first-order valence-corrected chi connectivity index (χ1v) is 11.2. The Morgan fingerprint density at radius 2 is 1.57 bits per heavy atom. The van der Waals surface area contributed by atoms with Gasteiger partial charge < -0.3 is 5.32 Å². The van der Waals surface area contributed by atoms with Crippen molar-refractivity contribution in [3.63, 3.8) is 0 Å². The predicted molar refractivity (Wildman–Crippen MR) is 120 cm³/mol. The van der Waals surface area contributed by atoms with Crippen molar-refractivity contribution >= 4 is 21.6 Å². The Bertz CT molecular complexity index is 1170. The van der Waals surface area contributed by atoms with Crippen LogP contribution in [0.1, 0.15) is 45.6 Å². The van der Waals surface area contributed by atoms with Gasteiger partial charge in [-0.05, 0) is 74.7 Å². The summed E-state index contributed by atoms with van der Waals surface area (Å²) < 4.78 is 28.0. The van der Waals surface area contributed by atoms with Crippen molar-refractivity contribution in [2.45, 2.75) is 38.6 Å². The van der Waals surface area contributed by atoms with Crippen LogP contribution in [0.25, 0.3) is 0 Å². The molecule has 1 amide bonds. The van der Waals surface area contributed by atoms with E-state index in [1.54, 1.807) is 24.3 Å². The molecule has 0 radical (unpaired) electrons. The van der Waals surface area contributed by atoms with E-state index >= 15 is 0 Å². The van der Waals surface area contributed by atoms with E-state index in [1.165, 1.54) is 17.7 Å². The molecule has 1 atom stereocenters. The van der Waals surface area contributed by atoms with Crippen molar-refractivity contribution in [3.8, 4) is 0 Å². The van der Waals surface area contributed by atoms with Crippen LogP contribution in [0, 0.1) is 20.8 Å². The van der Waals surface area contributed by atoms with Gasteiger partial charge in [0.25, 0.3) is 15.9 Å². The minimum atomic E-state index is -3.80. The second kappa shape index (κ2) is 8.71. The summed E-state index contributed by atoms with van der Waals surface area (Å²) in [6, 6.07) is 19.0. The monoisotopic (exact) mass is 422 g/mol. The van der Waals surface area contributed by atoms with Crippen LogP contribution in [0.15, 0.2) is 71.6 Å². The highest BCUT2D eigenvalue weighted by Crippen LogP contribution is 2.20. The molecule has 1 unspecified atom stereocenters. The third-order valence-corrected chi connectivity index (χ3v) is 6.47. The first kappa shape index (κ1) is 21.6. The molecule has 2 N–H and O–H groups in total. The average molecular weight is 423 g/mol. The minimum Gasteiger partial charge on any atom is -0.346 e. The zero-order valence-electron chi connectivity index (χ0n) is 17.6. The summed E-state index contributed by atoms with van der Waals surface area (Å²) >= 11 is 0. The molecule has 0 aliphatic heterocycles. The lowest BCUT2D eigenvalue weighted by molar-refractivity contribution is 0.0939. The number of anilines is 1. The van der Waals surface area contributed by atoms with Crippen LogP contribution in [0.2, 0.25) is 0 Å². The molecule has 3 aromatic carbocycles.